The van der Waals surface area contributed by atoms with Gasteiger partial charge in [-0.25, -0.2) is 13.6 Å². The Morgan fingerprint density at radius 3 is 2.60 bits per heavy atom. The van der Waals surface area contributed by atoms with Gasteiger partial charge in [0.05, 0.1) is 10.6 Å². The van der Waals surface area contributed by atoms with Gasteiger partial charge in [0.1, 0.15) is 24.0 Å². The van der Waals surface area contributed by atoms with Crippen LogP contribution >= 0.6 is 11.6 Å². The van der Waals surface area contributed by atoms with Crippen molar-refractivity contribution >= 4 is 17.6 Å². The van der Waals surface area contributed by atoms with Crippen molar-refractivity contribution in [1.29, 1.82) is 0 Å². The fourth-order valence-corrected chi connectivity index (χ4v) is 1.76. The molecule has 0 aliphatic heterocycles. The summed E-state index contributed by atoms with van der Waals surface area (Å²) in [6, 6.07) is 7.22. The Morgan fingerprint density at radius 2 is 1.95 bits per heavy atom. The molecule has 6 heteroatoms. The van der Waals surface area contributed by atoms with Crippen LogP contribution in [0.1, 0.15) is 15.9 Å². The quantitative estimate of drug-likeness (QED) is 0.931. The molecular formula is C14H9ClF2O3. The molecule has 0 amide bonds. The van der Waals surface area contributed by atoms with Gasteiger partial charge in [0.15, 0.2) is 0 Å². The Kier molecular flexibility index (Phi) is 4.20. The van der Waals surface area contributed by atoms with Crippen molar-refractivity contribution in [1.82, 2.24) is 0 Å². The fraction of sp³-hybridized carbons (Fsp3) is 0.0714. The lowest BCUT2D eigenvalue weighted by molar-refractivity contribution is 0.0696. The standard InChI is InChI=1S/C14H9ClF2O3/c15-12-4-3-10(6-11(12)14(18)19)20-7-8-1-2-9(16)5-13(8)17/h1-6H,7H2,(H,18,19). The second kappa shape index (κ2) is 5.88. The summed E-state index contributed by atoms with van der Waals surface area (Å²) in [5.74, 6) is -2.35. The minimum atomic E-state index is -1.19. The third-order valence-corrected chi connectivity index (χ3v) is 2.91. The molecule has 2 rings (SSSR count). The van der Waals surface area contributed by atoms with E-state index < -0.39 is 17.6 Å². The van der Waals surface area contributed by atoms with Crippen LogP contribution in [0.2, 0.25) is 5.02 Å². The number of carboxylic acid groups (broad SMARTS) is 1. The number of ether oxygens (including phenoxy) is 1. The van der Waals surface area contributed by atoms with Crippen molar-refractivity contribution in [2.75, 3.05) is 0 Å². The smallest absolute Gasteiger partial charge is 0.337 e. The number of benzene rings is 2. The molecule has 2 aromatic rings. The summed E-state index contributed by atoms with van der Waals surface area (Å²) < 4.78 is 31.4. The summed E-state index contributed by atoms with van der Waals surface area (Å²) in [5.41, 5.74) is 0.0574. The van der Waals surface area contributed by atoms with Gasteiger partial charge in [0.2, 0.25) is 0 Å². The summed E-state index contributed by atoms with van der Waals surface area (Å²) >= 11 is 5.71. The van der Waals surface area contributed by atoms with E-state index in [0.29, 0.717) is 0 Å². The first-order valence-corrected chi connectivity index (χ1v) is 5.95. The van der Waals surface area contributed by atoms with Gasteiger partial charge in [-0.3, -0.25) is 0 Å². The largest absolute Gasteiger partial charge is 0.489 e. The predicted molar refractivity (Wildman–Crippen MR) is 69.1 cm³/mol. The molecule has 0 heterocycles. The van der Waals surface area contributed by atoms with Crippen LogP contribution in [0.5, 0.6) is 5.75 Å². The highest BCUT2D eigenvalue weighted by molar-refractivity contribution is 6.33. The number of hydrogen-bond acceptors (Lipinski definition) is 2. The van der Waals surface area contributed by atoms with E-state index in [4.69, 9.17) is 21.4 Å². The van der Waals surface area contributed by atoms with E-state index in [2.05, 4.69) is 0 Å². The number of aromatic carboxylic acids is 1. The number of carboxylic acids is 1. The van der Waals surface area contributed by atoms with Crippen LogP contribution < -0.4 is 4.74 Å². The second-order valence-electron chi connectivity index (χ2n) is 3.97. The summed E-state index contributed by atoms with van der Waals surface area (Å²) in [7, 11) is 0. The monoisotopic (exact) mass is 298 g/mol. The Hall–Kier alpha value is -2.14. The van der Waals surface area contributed by atoms with Gasteiger partial charge < -0.3 is 9.84 Å². The van der Waals surface area contributed by atoms with E-state index in [0.717, 1.165) is 12.1 Å². The number of hydrogen-bond donors (Lipinski definition) is 1. The van der Waals surface area contributed by atoms with E-state index in [-0.39, 0.29) is 28.5 Å². The van der Waals surface area contributed by atoms with Crippen LogP contribution in [0.25, 0.3) is 0 Å². The SMILES string of the molecule is O=C(O)c1cc(OCc2ccc(F)cc2F)ccc1Cl. The third kappa shape index (κ3) is 3.24. The highest BCUT2D eigenvalue weighted by Crippen LogP contribution is 2.23. The zero-order valence-corrected chi connectivity index (χ0v) is 10.8. The van der Waals surface area contributed by atoms with Crippen molar-refractivity contribution in [2.24, 2.45) is 0 Å². The molecule has 0 bridgehead atoms. The van der Waals surface area contributed by atoms with Gasteiger partial charge in [-0.1, -0.05) is 11.6 Å². The van der Waals surface area contributed by atoms with Crippen LogP contribution in [-0.2, 0) is 6.61 Å². The summed E-state index contributed by atoms with van der Waals surface area (Å²) in [6.45, 7) is -0.146. The molecule has 0 spiro atoms. The maximum absolute atomic E-state index is 13.4. The zero-order chi connectivity index (χ0) is 14.7. The van der Waals surface area contributed by atoms with E-state index in [1.165, 1.54) is 24.3 Å². The van der Waals surface area contributed by atoms with E-state index >= 15 is 0 Å². The van der Waals surface area contributed by atoms with E-state index in [1.54, 1.807) is 0 Å². The predicted octanol–water partition coefficient (Wildman–Crippen LogP) is 3.90. The van der Waals surface area contributed by atoms with Crippen LogP contribution in [0, 0.1) is 11.6 Å². The van der Waals surface area contributed by atoms with Crippen molar-refractivity contribution in [3.8, 4) is 5.75 Å². The zero-order valence-electron chi connectivity index (χ0n) is 10.1. The first-order valence-electron chi connectivity index (χ1n) is 5.57. The number of rotatable bonds is 4. The fourth-order valence-electron chi connectivity index (χ4n) is 1.56. The normalized spacial score (nSPS) is 10.3. The first-order chi connectivity index (χ1) is 9.47. The molecule has 0 radical (unpaired) electrons. The molecule has 0 saturated carbocycles. The van der Waals surface area contributed by atoms with Gasteiger partial charge in [0, 0.05) is 11.6 Å². The first kappa shape index (κ1) is 14.3. The molecule has 0 aromatic heterocycles. The molecule has 3 nitrogen and oxygen atoms in total. The molecule has 0 fully saturated rings. The highest BCUT2D eigenvalue weighted by Gasteiger charge is 2.11. The average molecular weight is 299 g/mol. The number of halogens is 3. The van der Waals surface area contributed by atoms with Gasteiger partial charge in [0.25, 0.3) is 0 Å². The van der Waals surface area contributed by atoms with Gasteiger partial charge in [-0.15, -0.1) is 0 Å². The third-order valence-electron chi connectivity index (χ3n) is 2.58. The van der Waals surface area contributed by atoms with Gasteiger partial charge in [-0.05, 0) is 30.3 Å². The molecule has 20 heavy (non-hydrogen) atoms. The molecule has 2 aromatic carbocycles. The molecule has 0 atom stereocenters. The minimum absolute atomic E-state index is 0.0813. The molecule has 0 aliphatic carbocycles. The Morgan fingerprint density at radius 1 is 1.20 bits per heavy atom. The van der Waals surface area contributed by atoms with Crippen LogP contribution in [0.4, 0.5) is 8.78 Å². The Bertz CT molecular complexity index is 659. The number of carbonyl (C=O) groups is 1. The summed E-state index contributed by atoms with van der Waals surface area (Å²) in [5, 5.41) is 8.99. The Balaban J connectivity index is 2.15. The van der Waals surface area contributed by atoms with Crippen molar-refractivity contribution < 1.29 is 23.4 Å². The van der Waals surface area contributed by atoms with E-state index in [1.807, 2.05) is 0 Å². The van der Waals surface area contributed by atoms with Crippen LogP contribution in [0.15, 0.2) is 36.4 Å². The molecule has 104 valence electrons. The molecular weight excluding hydrogens is 290 g/mol. The lowest BCUT2D eigenvalue weighted by Gasteiger charge is -2.08. The highest BCUT2D eigenvalue weighted by atomic mass is 35.5. The lowest BCUT2D eigenvalue weighted by atomic mass is 10.2. The topological polar surface area (TPSA) is 46.5 Å². The van der Waals surface area contributed by atoms with Gasteiger partial charge >= 0.3 is 5.97 Å². The molecule has 0 unspecified atom stereocenters. The van der Waals surface area contributed by atoms with Crippen molar-refractivity contribution in [3.05, 3.63) is 64.2 Å². The molecule has 1 N–H and O–H groups in total. The van der Waals surface area contributed by atoms with Gasteiger partial charge in [-0.2, -0.15) is 0 Å². The molecule has 0 saturated heterocycles. The van der Waals surface area contributed by atoms with Crippen LogP contribution in [-0.4, -0.2) is 11.1 Å². The lowest BCUT2D eigenvalue weighted by Crippen LogP contribution is -2.02. The van der Waals surface area contributed by atoms with E-state index in [9.17, 15) is 13.6 Å². The minimum Gasteiger partial charge on any atom is -0.489 e. The second-order valence-corrected chi connectivity index (χ2v) is 4.38. The van der Waals surface area contributed by atoms with Crippen molar-refractivity contribution in [2.45, 2.75) is 6.61 Å². The van der Waals surface area contributed by atoms with Crippen molar-refractivity contribution in [3.63, 3.8) is 0 Å². The Labute approximate surface area is 118 Å². The molecule has 0 aliphatic rings. The average Bonchev–Trinajstić information content (AvgIpc) is 2.39. The maximum atomic E-state index is 13.4. The van der Waals surface area contributed by atoms with Crippen LogP contribution in [0.3, 0.4) is 0 Å². The summed E-state index contributed by atoms with van der Waals surface area (Å²) in [4.78, 5) is 10.9. The maximum Gasteiger partial charge on any atom is 0.337 e. The summed E-state index contributed by atoms with van der Waals surface area (Å²) in [6.07, 6.45) is 0.